The number of carbonyl (C=O) groups excluding carboxylic acids is 1. The minimum Gasteiger partial charge on any atom is -0.459 e. The molecule has 1 aromatic heterocycles. The average molecular weight is 224 g/mol. The molecule has 90 valence electrons. The maximum Gasteiger partial charge on any atom is 0.287 e. The Balaban J connectivity index is 2.05. The van der Waals surface area contributed by atoms with E-state index in [2.05, 4.69) is 24.5 Å². The monoisotopic (exact) mass is 224 g/mol. The highest BCUT2D eigenvalue weighted by atomic mass is 16.3. The molecule has 1 unspecified atom stereocenters. The van der Waals surface area contributed by atoms with Crippen molar-refractivity contribution < 1.29 is 9.21 Å². The molecule has 0 aromatic carbocycles. The number of rotatable bonds is 7. The van der Waals surface area contributed by atoms with Crippen LogP contribution in [-0.2, 0) is 0 Å². The number of furan rings is 1. The molecule has 1 heterocycles. The van der Waals surface area contributed by atoms with Crippen LogP contribution in [0.15, 0.2) is 22.8 Å². The number of hydrogen-bond donors (Lipinski definition) is 2. The van der Waals surface area contributed by atoms with Gasteiger partial charge in [-0.05, 0) is 24.6 Å². The van der Waals surface area contributed by atoms with E-state index < -0.39 is 0 Å². The fourth-order valence-electron chi connectivity index (χ4n) is 1.25. The van der Waals surface area contributed by atoms with Crippen molar-refractivity contribution in [3.8, 4) is 0 Å². The highest BCUT2D eigenvalue weighted by Gasteiger charge is 2.06. The Morgan fingerprint density at radius 3 is 2.94 bits per heavy atom. The van der Waals surface area contributed by atoms with Crippen LogP contribution in [0.2, 0.25) is 0 Å². The Labute approximate surface area is 96.4 Å². The summed E-state index contributed by atoms with van der Waals surface area (Å²) in [5.41, 5.74) is 0. The van der Waals surface area contributed by atoms with Gasteiger partial charge in [0.25, 0.3) is 5.91 Å². The zero-order chi connectivity index (χ0) is 11.8. The zero-order valence-corrected chi connectivity index (χ0v) is 9.95. The molecule has 2 N–H and O–H groups in total. The molecule has 4 nitrogen and oxygen atoms in total. The lowest BCUT2D eigenvalue weighted by Crippen LogP contribution is -2.33. The third-order valence-corrected chi connectivity index (χ3v) is 2.52. The SMILES string of the molecule is CCC(C)CNCCNC(=O)c1ccco1. The molecular formula is C12H20N2O2. The molecule has 0 radical (unpaired) electrons. The third-order valence-electron chi connectivity index (χ3n) is 2.52. The van der Waals surface area contributed by atoms with Gasteiger partial charge in [-0.2, -0.15) is 0 Å². The minimum absolute atomic E-state index is 0.157. The topological polar surface area (TPSA) is 54.3 Å². The van der Waals surface area contributed by atoms with Crippen molar-refractivity contribution in [3.05, 3.63) is 24.2 Å². The minimum atomic E-state index is -0.157. The van der Waals surface area contributed by atoms with Gasteiger partial charge in [0.15, 0.2) is 5.76 Å². The van der Waals surface area contributed by atoms with Crippen molar-refractivity contribution in [2.45, 2.75) is 20.3 Å². The van der Waals surface area contributed by atoms with Gasteiger partial charge in [0.05, 0.1) is 6.26 Å². The van der Waals surface area contributed by atoms with Gasteiger partial charge >= 0.3 is 0 Å². The summed E-state index contributed by atoms with van der Waals surface area (Å²) in [6.07, 6.45) is 2.67. The Morgan fingerprint density at radius 2 is 2.31 bits per heavy atom. The average Bonchev–Trinajstić information content (AvgIpc) is 2.81. The second-order valence-electron chi connectivity index (χ2n) is 3.95. The van der Waals surface area contributed by atoms with Crippen molar-refractivity contribution in [2.75, 3.05) is 19.6 Å². The molecule has 1 aromatic rings. The first kappa shape index (κ1) is 12.8. The molecule has 0 bridgehead atoms. The van der Waals surface area contributed by atoms with Gasteiger partial charge in [-0.3, -0.25) is 4.79 Å². The fraction of sp³-hybridized carbons (Fsp3) is 0.583. The van der Waals surface area contributed by atoms with Crippen molar-refractivity contribution in [1.82, 2.24) is 10.6 Å². The summed E-state index contributed by atoms with van der Waals surface area (Å²) in [6, 6.07) is 3.36. The molecule has 4 heteroatoms. The van der Waals surface area contributed by atoms with Gasteiger partial charge < -0.3 is 15.1 Å². The molecule has 0 aliphatic carbocycles. The van der Waals surface area contributed by atoms with E-state index in [-0.39, 0.29) is 5.91 Å². The van der Waals surface area contributed by atoms with E-state index in [0.29, 0.717) is 18.2 Å². The summed E-state index contributed by atoms with van der Waals surface area (Å²) < 4.78 is 4.98. The zero-order valence-electron chi connectivity index (χ0n) is 9.95. The summed E-state index contributed by atoms with van der Waals surface area (Å²) in [7, 11) is 0. The third kappa shape index (κ3) is 4.49. The van der Waals surface area contributed by atoms with Crippen molar-refractivity contribution in [3.63, 3.8) is 0 Å². The lowest BCUT2D eigenvalue weighted by atomic mass is 10.1. The smallest absolute Gasteiger partial charge is 0.287 e. The maximum atomic E-state index is 11.4. The molecule has 1 atom stereocenters. The number of carbonyl (C=O) groups is 1. The molecule has 0 aliphatic rings. The summed E-state index contributed by atoms with van der Waals surface area (Å²) in [5, 5.41) is 6.07. The van der Waals surface area contributed by atoms with Gasteiger partial charge in [-0.25, -0.2) is 0 Å². The molecule has 0 spiro atoms. The molecule has 0 aliphatic heterocycles. The lowest BCUT2D eigenvalue weighted by molar-refractivity contribution is 0.0926. The predicted octanol–water partition coefficient (Wildman–Crippen LogP) is 1.65. The Hall–Kier alpha value is -1.29. The normalized spacial score (nSPS) is 12.4. The van der Waals surface area contributed by atoms with E-state index in [1.54, 1.807) is 12.1 Å². The quantitative estimate of drug-likeness (QED) is 0.692. The second kappa shape index (κ2) is 7.06. The predicted molar refractivity (Wildman–Crippen MR) is 63.4 cm³/mol. The van der Waals surface area contributed by atoms with Crippen LogP contribution in [-0.4, -0.2) is 25.5 Å². The standard InChI is InChI=1S/C12H20N2O2/c1-3-10(2)9-13-6-7-14-12(15)11-5-4-8-16-11/h4-5,8,10,13H,3,6-7,9H2,1-2H3,(H,14,15). The Kier molecular flexibility index (Phi) is 5.64. The van der Waals surface area contributed by atoms with E-state index in [4.69, 9.17) is 4.42 Å². The Morgan fingerprint density at radius 1 is 1.50 bits per heavy atom. The fourth-order valence-corrected chi connectivity index (χ4v) is 1.25. The summed E-state index contributed by atoms with van der Waals surface area (Å²) in [4.78, 5) is 11.4. The van der Waals surface area contributed by atoms with Crippen molar-refractivity contribution in [1.29, 1.82) is 0 Å². The van der Waals surface area contributed by atoms with E-state index in [0.717, 1.165) is 13.1 Å². The molecule has 16 heavy (non-hydrogen) atoms. The van der Waals surface area contributed by atoms with Gasteiger partial charge in [0, 0.05) is 13.1 Å². The largest absolute Gasteiger partial charge is 0.459 e. The van der Waals surface area contributed by atoms with Crippen LogP contribution in [0.4, 0.5) is 0 Å². The van der Waals surface area contributed by atoms with Gasteiger partial charge in [0.2, 0.25) is 0 Å². The molecule has 0 saturated heterocycles. The van der Waals surface area contributed by atoms with Gasteiger partial charge in [0.1, 0.15) is 0 Å². The van der Waals surface area contributed by atoms with E-state index in [1.807, 2.05) is 0 Å². The van der Waals surface area contributed by atoms with Crippen molar-refractivity contribution >= 4 is 5.91 Å². The summed E-state index contributed by atoms with van der Waals surface area (Å²) in [5.74, 6) is 0.887. The van der Waals surface area contributed by atoms with E-state index >= 15 is 0 Å². The van der Waals surface area contributed by atoms with Crippen LogP contribution in [0, 0.1) is 5.92 Å². The van der Waals surface area contributed by atoms with Crippen LogP contribution in [0.3, 0.4) is 0 Å². The number of amides is 1. The molecular weight excluding hydrogens is 204 g/mol. The van der Waals surface area contributed by atoms with E-state index in [9.17, 15) is 4.79 Å². The highest BCUT2D eigenvalue weighted by molar-refractivity contribution is 5.91. The van der Waals surface area contributed by atoms with Gasteiger partial charge in [-0.15, -0.1) is 0 Å². The lowest BCUT2D eigenvalue weighted by Gasteiger charge is -2.10. The number of hydrogen-bond acceptors (Lipinski definition) is 3. The number of nitrogens with one attached hydrogen (secondary N) is 2. The molecule has 1 rings (SSSR count). The molecule has 1 amide bonds. The van der Waals surface area contributed by atoms with Crippen molar-refractivity contribution in [2.24, 2.45) is 5.92 Å². The maximum absolute atomic E-state index is 11.4. The van der Waals surface area contributed by atoms with Crippen LogP contribution in [0.25, 0.3) is 0 Å². The summed E-state index contributed by atoms with van der Waals surface area (Å²) >= 11 is 0. The first-order valence-electron chi connectivity index (χ1n) is 5.76. The Bertz CT molecular complexity index is 296. The van der Waals surface area contributed by atoms with Crippen LogP contribution in [0.5, 0.6) is 0 Å². The molecule has 0 fully saturated rings. The van der Waals surface area contributed by atoms with Crippen LogP contribution >= 0.6 is 0 Å². The molecule has 0 saturated carbocycles. The summed E-state index contributed by atoms with van der Waals surface area (Å²) in [6.45, 7) is 6.78. The van der Waals surface area contributed by atoms with Crippen LogP contribution in [0.1, 0.15) is 30.8 Å². The van der Waals surface area contributed by atoms with Gasteiger partial charge in [-0.1, -0.05) is 20.3 Å². The second-order valence-corrected chi connectivity index (χ2v) is 3.95. The van der Waals surface area contributed by atoms with Crippen LogP contribution < -0.4 is 10.6 Å². The van der Waals surface area contributed by atoms with E-state index in [1.165, 1.54) is 12.7 Å². The first-order chi connectivity index (χ1) is 7.74. The first-order valence-corrected chi connectivity index (χ1v) is 5.76. The highest BCUT2D eigenvalue weighted by Crippen LogP contribution is 1.98.